The van der Waals surface area contributed by atoms with Crippen LogP contribution < -0.4 is 9.47 Å². The highest BCUT2D eigenvalue weighted by molar-refractivity contribution is 5.89. The highest BCUT2D eigenvalue weighted by Crippen LogP contribution is 2.35. The minimum absolute atomic E-state index is 0.0238. The molecule has 0 fully saturated rings. The van der Waals surface area contributed by atoms with E-state index >= 15 is 0 Å². The van der Waals surface area contributed by atoms with E-state index in [2.05, 4.69) is 0 Å². The van der Waals surface area contributed by atoms with E-state index in [0.29, 0.717) is 0 Å². The first-order valence-corrected chi connectivity index (χ1v) is 5.96. The predicted molar refractivity (Wildman–Crippen MR) is 72.6 cm³/mol. The van der Waals surface area contributed by atoms with E-state index in [4.69, 9.17) is 9.47 Å². The fourth-order valence-corrected chi connectivity index (χ4v) is 2.21. The van der Waals surface area contributed by atoms with Crippen molar-refractivity contribution < 1.29 is 14.6 Å². The van der Waals surface area contributed by atoms with Gasteiger partial charge in [-0.05, 0) is 29.0 Å². The lowest BCUT2D eigenvalue weighted by Crippen LogP contribution is -2.03. The number of benzene rings is 2. The molecule has 0 aliphatic heterocycles. The molecule has 1 atom stereocenters. The number of rotatable bonds is 4. The molecule has 2 aromatic rings. The van der Waals surface area contributed by atoms with E-state index < -0.39 is 0 Å². The Hall–Kier alpha value is -1.74. The smallest absolute Gasteiger partial charge is 0.123 e. The highest BCUT2D eigenvalue weighted by Gasteiger charge is 2.15. The lowest BCUT2D eigenvalue weighted by molar-refractivity contribution is 0.270. The molecule has 0 aliphatic rings. The molecule has 0 bridgehead atoms. The van der Waals surface area contributed by atoms with Crippen LogP contribution in [0.4, 0.5) is 0 Å². The van der Waals surface area contributed by atoms with Crippen LogP contribution >= 0.6 is 0 Å². The van der Waals surface area contributed by atoms with Crippen LogP contribution in [0.25, 0.3) is 10.8 Å². The first-order chi connectivity index (χ1) is 8.71. The van der Waals surface area contributed by atoms with Gasteiger partial charge < -0.3 is 14.6 Å². The Balaban J connectivity index is 2.73. The predicted octanol–water partition coefficient (Wildman–Crippen LogP) is 2.95. The number of hydrogen-bond donors (Lipinski definition) is 1. The van der Waals surface area contributed by atoms with Crippen molar-refractivity contribution in [3.05, 3.63) is 35.9 Å². The average molecular weight is 246 g/mol. The summed E-state index contributed by atoms with van der Waals surface area (Å²) < 4.78 is 10.7. The average Bonchev–Trinajstić information content (AvgIpc) is 2.44. The Kier molecular flexibility index (Phi) is 3.72. The normalized spacial score (nSPS) is 12.4. The maximum Gasteiger partial charge on any atom is 0.123 e. The van der Waals surface area contributed by atoms with Gasteiger partial charge in [-0.25, -0.2) is 0 Å². The second kappa shape index (κ2) is 5.27. The zero-order valence-electron chi connectivity index (χ0n) is 10.9. The van der Waals surface area contributed by atoms with E-state index in [1.54, 1.807) is 14.2 Å². The first kappa shape index (κ1) is 12.7. The minimum atomic E-state index is 0.0238. The topological polar surface area (TPSA) is 38.7 Å². The molecule has 2 aromatic carbocycles. The number of methoxy groups -OCH3 is 2. The van der Waals surface area contributed by atoms with Crippen LogP contribution in [0.5, 0.6) is 11.5 Å². The molecule has 3 nitrogen and oxygen atoms in total. The third kappa shape index (κ3) is 2.14. The molecule has 96 valence electrons. The zero-order chi connectivity index (χ0) is 13.1. The van der Waals surface area contributed by atoms with Gasteiger partial charge in [-0.1, -0.05) is 19.1 Å². The summed E-state index contributed by atoms with van der Waals surface area (Å²) in [5.41, 5.74) is 1.02. The van der Waals surface area contributed by atoms with Crippen LogP contribution in [0.3, 0.4) is 0 Å². The SMILES string of the molecule is COc1ccc2ccc(OC)c(C(C)CO)c2c1. The van der Waals surface area contributed by atoms with Crippen molar-refractivity contribution in [1.29, 1.82) is 0 Å². The van der Waals surface area contributed by atoms with Gasteiger partial charge in [0.05, 0.1) is 14.2 Å². The number of hydrogen-bond acceptors (Lipinski definition) is 3. The second-order valence-electron chi connectivity index (χ2n) is 4.35. The summed E-state index contributed by atoms with van der Waals surface area (Å²) in [4.78, 5) is 0. The molecule has 0 heterocycles. The van der Waals surface area contributed by atoms with Crippen LogP contribution in [0.1, 0.15) is 18.4 Å². The van der Waals surface area contributed by atoms with Gasteiger partial charge in [0.25, 0.3) is 0 Å². The summed E-state index contributed by atoms with van der Waals surface area (Å²) in [6.45, 7) is 2.07. The number of fused-ring (bicyclic) bond motifs is 1. The van der Waals surface area contributed by atoms with Crippen molar-refractivity contribution >= 4 is 10.8 Å². The fraction of sp³-hybridized carbons (Fsp3) is 0.333. The number of ether oxygens (including phenoxy) is 2. The lowest BCUT2D eigenvalue weighted by Gasteiger charge is -2.17. The van der Waals surface area contributed by atoms with Gasteiger partial charge in [0, 0.05) is 18.1 Å². The Labute approximate surface area is 107 Å². The van der Waals surface area contributed by atoms with Crippen LogP contribution in [-0.2, 0) is 0 Å². The highest BCUT2D eigenvalue weighted by atomic mass is 16.5. The maximum atomic E-state index is 9.41. The number of aliphatic hydroxyl groups excluding tert-OH is 1. The van der Waals surface area contributed by atoms with E-state index in [1.807, 2.05) is 37.3 Å². The summed E-state index contributed by atoms with van der Waals surface area (Å²) in [5.74, 6) is 1.63. The van der Waals surface area contributed by atoms with Crippen LogP contribution in [0.15, 0.2) is 30.3 Å². The maximum absolute atomic E-state index is 9.41. The van der Waals surface area contributed by atoms with E-state index in [-0.39, 0.29) is 12.5 Å². The van der Waals surface area contributed by atoms with Crippen molar-refractivity contribution in [2.75, 3.05) is 20.8 Å². The summed E-state index contributed by atoms with van der Waals surface area (Å²) in [7, 11) is 3.30. The summed E-state index contributed by atoms with van der Waals surface area (Å²) in [5, 5.41) is 11.6. The molecule has 0 saturated carbocycles. The Morgan fingerprint density at radius 2 is 1.83 bits per heavy atom. The molecule has 18 heavy (non-hydrogen) atoms. The van der Waals surface area contributed by atoms with Crippen molar-refractivity contribution in [3.63, 3.8) is 0 Å². The molecule has 3 heteroatoms. The van der Waals surface area contributed by atoms with Gasteiger partial charge in [0.2, 0.25) is 0 Å². The molecular formula is C15H18O3. The first-order valence-electron chi connectivity index (χ1n) is 5.96. The van der Waals surface area contributed by atoms with Crippen molar-refractivity contribution in [2.45, 2.75) is 12.8 Å². The summed E-state index contributed by atoms with van der Waals surface area (Å²) in [6.07, 6.45) is 0. The van der Waals surface area contributed by atoms with E-state index in [1.165, 1.54) is 0 Å². The van der Waals surface area contributed by atoms with Crippen molar-refractivity contribution in [2.24, 2.45) is 0 Å². The third-order valence-corrected chi connectivity index (χ3v) is 3.22. The quantitative estimate of drug-likeness (QED) is 0.901. The monoisotopic (exact) mass is 246 g/mol. The molecule has 0 radical (unpaired) electrons. The largest absolute Gasteiger partial charge is 0.497 e. The van der Waals surface area contributed by atoms with Gasteiger partial charge in [-0.15, -0.1) is 0 Å². The molecular weight excluding hydrogens is 228 g/mol. The molecule has 1 N–H and O–H groups in total. The Bertz CT molecular complexity index is 543. The summed E-state index contributed by atoms with van der Waals surface area (Å²) >= 11 is 0. The summed E-state index contributed by atoms with van der Waals surface area (Å²) in [6, 6.07) is 9.89. The second-order valence-corrected chi connectivity index (χ2v) is 4.35. The molecule has 0 saturated heterocycles. The number of aliphatic hydroxyl groups is 1. The van der Waals surface area contributed by atoms with Crippen LogP contribution in [-0.4, -0.2) is 25.9 Å². The Morgan fingerprint density at radius 1 is 1.11 bits per heavy atom. The van der Waals surface area contributed by atoms with E-state index in [9.17, 15) is 5.11 Å². The zero-order valence-corrected chi connectivity index (χ0v) is 10.9. The molecule has 0 aliphatic carbocycles. The van der Waals surface area contributed by atoms with E-state index in [0.717, 1.165) is 27.8 Å². The van der Waals surface area contributed by atoms with Gasteiger partial charge >= 0.3 is 0 Å². The lowest BCUT2D eigenvalue weighted by atomic mass is 9.94. The third-order valence-electron chi connectivity index (χ3n) is 3.22. The Morgan fingerprint density at radius 3 is 2.44 bits per heavy atom. The minimum Gasteiger partial charge on any atom is -0.497 e. The van der Waals surface area contributed by atoms with Crippen LogP contribution in [0, 0.1) is 0 Å². The molecule has 0 spiro atoms. The standard InChI is InChI=1S/C15H18O3/c1-10(9-16)15-13-8-12(17-2)6-4-11(13)5-7-14(15)18-3/h4-8,10,16H,9H2,1-3H3. The van der Waals surface area contributed by atoms with Gasteiger partial charge in [-0.2, -0.15) is 0 Å². The van der Waals surface area contributed by atoms with Gasteiger partial charge in [0.1, 0.15) is 11.5 Å². The molecule has 0 aromatic heterocycles. The molecule has 1 unspecified atom stereocenters. The molecule has 0 amide bonds. The van der Waals surface area contributed by atoms with Crippen LogP contribution in [0.2, 0.25) is 0 Å². The van der Waals surface area contributed by atoms with Gasteiger partial charge in [-0.3, -0.25) is 0 Å². The van der Waals surface area contributed by atoms with Crippen molar-refractivity contribution in [3.8, 4) is 11.5 Å². The fourth-order valence-electron chi connectivity index (χ4n) is 2.21. The molecule has 2 rings (SSSR count). The van der Waals surface area contributed by atoms with Gasteiger partial charge in [0.15, 0.2) is 0 Å². The van der Waals surface area contributed by atoms with Crippen molar-refractivity contribution in [1.82, 2.24) is 0 Å².